The van der Waals surface area contributed by atoms with Gasteiger partial charge in [-0.3, -0.25) is 0 Å². The Morgan fingerprint density at radius 2 is 1.79 bits per heavy atom. The molecule has 0 spiro atoms. The minimum Gasteiger partial charge on any atom is -0.360 e. The van der Waals surface area contributed by atoms with Crippen LogP contribution in [-0.2, 0) is 6.54 Å². The van der Waals surface area contributed by atoms with Crippen LogP contribution in [0.15, 0.2) is 85.2 Å². The van der Waals surface area contributed by atoms with Gasteiger partial charge in [-0.25, -0.2) is 14.8 Å². The average molecular weight is 384 g/mol. The Hall–Kier alpha value is -4.13. The van der Waals surface area contributed by atoms with Gasteiger partial charge in [-0.05, 0) is 42.0 Å². The van der Waals surface area contributed by atoms with Crippen molar-refractivity contribution in [3.05, 3.63) is 90.8 Å². The molecule has 2 aromatic heterocycles. The standard InChI is InChI=1S/C22H20N6O/c29-22(25-15-16-6-2-1-3-7-16)27-18-9-4-8-17(14-18)26-21-24-13-11-20(28-21)19-10-5-12-23-19/h1-14,23H,15H2,(H,24,26,28)(H2,25,27,29). The first-order valence-electron chi connectivity index (χ1n) is 9.19. The second-order valence-corrected chi connectivity index (χ2v) is 6.35. The van der Waals surface area contributed by atoms with Gasteiger partial charge in [-0.2, -0.15) is 0 Å². The number of aromatic nitrogens is 3. The van der Waals surface area contributed by atoms with Crippen LogP contribution in [0.1, 0.15) is 5.56 Å². The molecule has 4 N–H and O–H groups in total. The van der Waals surface area contributed by atoms with Crippen LogP contribution in [0.3, 0.4) is 0 Å². The Balaban J connectivity index is 1.38. The fourth-order valence-electron chi connectivity index (χ4n) is 2.82. The van der Waals surface area contributed by atoms with Gasteiger partial charge in [-0.1, -0.05) is 36.4 Å². The summed E-state index contributed by atoms with van der Waals surface area (Å²) >= 11 is 0. The number of nitrogens with zero attached hydrogens (tertiary/aromatic N) is 2. The molecule has 7 nitrogen and oxygen atoms in total. The molecular weight excluding hydrogens is 364 g/mol. The van der Waals surface area contributed by atoms with E-state index < -0.39 is 0 Å². The molecule has 0 radical (unpaired) electrons. The maximum absolute atomic E-state index is 12.2. The average Bonchev–Trinajstić information content (AvgIpc) is 3.29. The number of urea groups is 1. The molecule has 0 fully saturated rings. The molecule has 2 amide bonds. The Labute approximate surface area is 168 Å². The van der Waals surface area contributed by atoms with Crippen molar-refractivity contribution < 1.29 is 4.79 Å². The third-order valence-corrected chi connectivity index (χ3v) is 4.20. The van der Waals surface area contributed by atoms with Gasteiger partial charge in [0.2, 0.25) is 5.95 Å². The van der Waals surface area contributed by atoms with E-state index in [1.54, 1.807) is 6.20 Å². The van der Waals surface area contributed by atoms with Crippen molar-refractivity contribution in [2.75, 3.05) is 10.6 Å². The van der Waals surface area contributed by atoms with Gasteiger partial charge in [0.1, 0.15) is 0 Å². The van der Waals surface area contributed by atoms with Gasteiger partial charge in [0, 0.05) is 30.3 Å². The van der Waals surface area contributed by atoms with Crippen molar-refractivity contribution in [1.82, 2.24) is 20.3 Å². The molecule has 4 rings (SSSR count). The van der Waals surface area contributed by atoms with E-state index >= 15 is 0 Å². The molecule has 0 aliphatic rings. The molecule has 0 atom stereocenters. The van der Waals surface area contributed by atoms with Crippen molar-refractivity contribution >= 4 is 23.4 Å². The largest absolute Gasteiger partial charge is 0.360 e. The molecular formula is C22H20N6O. The summed E-state index contributed by atoms with van der Waals surface area (Å²) in [6, 6.07) is 22.6. The number of aromatic amines is 1. The molecule has 0 aliphatic heterocycles. The van der Waals surface area contributed by atoms with E-state index in [1.165, 1.54) is 0 Å². The number of rotatable bonds is 6. The Morgan fingerprint density at radius 3 is 2.62 bits per heavy atom. The first-order chi connectivity index (χ1) is 14.3. The number of anilines is 3. The number of carbonyl (C=O) groups is 1. The molecule has 7 heteroatoms. The Bertz CT molecular complexity index is 1080. The maximum Gasteiger partial charge on any atom is 0.319 e. The summed E-state index contributed by atoms with van der Waals surface area (Å²) in [7, 11) is 0. The van der Waals surface area contributed by atoms with E-state index in [2.05, 4.69) is 30.9 Å². The fraction of sp³-hybridized carbons (Fsp3) is 0.0455. The van der Waals surface area contributed by atoms with E-state index in [4.69, 9.17) is 0 Å². The van der Waals surface area contributed by atoms with Crippen LogP contribution in [-0.4, -0.2) is 21.0 Å². The molecule has 0 saturated heterocycles. The quantitative estimate of drug-likeness (QED) is 0.393. The molecule has 2 aromatic carbocycles. The van der Waals surface area contributed by atoms with Crippen molar-refractivity contribution in [3.8, 4) is 11.4 Å². The minimum atomic E-state index is -0.268. The van der Waals surface area contributed by atoms with E-state index in [1.807, 2.05) is 79.0 Å². The predicted octanol–water partition coefficient (Wildman–Crippen LogP) is 4.54. The minimum absolute atomic E-state index is 0.268. The van der Waals surface area contributed by atoms with Crippen LogP contribution >= 0.6 is 0 Å². The summed E-state index contributed by atoms with van der Waals surface area (Å²) in [5.74, 6) is 0.475. The topological polar surface area (TPSA) is 94.7 Å². The second kappa shape index (κ2) is 8.71. The smallest absolute Gasteiger partial charge is 0.319 e. The maximum atomic E-state index is 12.2. The van der Waals surface area contributed by atoms with Gasteiger partial charge in [-0.15, -0.1) is 0 Å². The molecule has 0 bridgehead atoms. The first-order valence-corrected chi connectivity index (χ1v) is 9.19. The predicted molar refractivity (Wildman–Crippen MR) is 114 cm³/mol. The van der Waals surface area contributed by atoms with Crippen LogP contribution < -0.4 is 16.0 Å². The third kappa shape index (κ3) is 4.98. The summed E-state index contributed by atoms with van der Waals surface area (Å²) in [4.78, 5) is 24.1. The fourth-order valence-corrected chi connectivity index (χ4v) is 2.82. The van der Waals surface area contributed by atoms with Crippen LogP contribution in [0.25, 0.3) is 11.4 Å². The SMILES string of the molecule is O=C(NCc1ccccc1)Nc1cccc(Nc2nccc(-c3ccc[nH]3)n2)c1. The number of benzene rings is 2. The van der Waals surface area contributed by atoms with Gasteiger partial charge < -0.3 is 20.9 Å². The Morgan fingerprint density at radius 1 is 0.931 bits per heavy atom. The molecule has 0 aliphatic carbocycles. The normalized spacial score (nSPS) is 10.3. The molecule has 144 valence electrons. The second-order valence-electron chi connectivity index (χ2n) is 6.35. The summed E-state index contributed by atoms with van der Waals surface area (Å²) in [5.41, 5.74) is 4.19. The highest BCUT2D eigenvalue weighted by Crippen LogP contribution is 2.20. The summed E-state index contributed by atoms with van der Waals surface area (Å²) < 4.78 is 0. The summed E-state index contributed by atoms with van der Waals surface area (Å²) in [6.45, 7) is 0.462. The lowest BCUT2D eigenvalue weighted by Crippen LogP contribution is -2.28. The zero-order valence-electron chi connectivity index (χ0n) is 15.6. The van der Waals surface area contributed by atoms with Crippen molar-refractivity contribution in [2.45, 2.75) is 6.54 Å². The zero-order chi connectivity index (χ0) is 19.9. The van der Waals surface area contributed by atoms with Crippen molar-refractivity contribution in [2.24, 2.45) is 0 Å². The highest BCUT2D eigenvalue weighted by molar-refractivity contribution is 5.89. The number of H-pyrrole nitrogens is 1. The lowest BCUT2D eigenvalue weighted by Gasteiger charge is -2.10. The van der Waals surface area contributed by atoms with E-state index in [0.29, 0.717) is 18.2 Å². The third-order valence-electron chi connectivity index (χ3n) is 4.20. The van der Waals surface area contributed by atoms with Gasteiger partial charge >= 0.3 is 6.03 Å². The molecule has 29 heavy (non-hydrogen) atoms. The molecule has 2 heterocycles. The lowest BCUT2D eigenvalue weighted by molar-refractivity contribution is 0.251. The number of amides is 2. The number of hydrogen-bond acceptors (Lipinski definition) is 4. The zero-order valence-corrected chi connectivity index (χ0v) is 15.6. The van der Waals surface area contributed by atoms with Crippen LogP contribution in [0.2, 0.25) is 0 Å². The first kappa shape index (κ1) is 18.2. The number of hydrogen-bond donors (Lipinski definition) is 4. The van der Waals surface area contributed by atoms with E-state index in [-0.39, 0.29) is 6.03 Å². The number of nitrogens with one attached hydrogen (secondary N) is 4. The van der Waals surface area contributed by atoms with Crippen molar-refractivity contribution in [1.29, 1.82) is 0 Å². The molecule has 0 saturated carbocycles. The summed E-state index contributed by atoms with van der Waals surface area (Å²) in [5, 5.41) is 8.85. The van der Waals surface area contributed by atoms with Gasteiger partial charge in [0.05, 0.1) is 11.4 Å². The lowest BCUT2D eigenvalue weighted by atomic mass is 10.2. The van der Waals surface area contributed by atoms with E-state index in [0.717, 1.165) is 22.6 Å². The van der Waals surface area contributed by atoms with Crippen molar-refractivity contribution in [3.63, 3.8) is 0 Å². The molecule has 0 unspecified atom stereocenters. The highest BCUT2D eigenvalue weighted by Gasteiger charge is 2.05. The van der Waals surface area contributed by atoms with Gasteiger partial charge in [0.15, 0.2) is 0 Å². The monoisotopic (exact) mass is 384 g/mol. The van der Waals surface area contributed by atoms with E-state index in [9.17, 15) is 4.79 Å². The van der Waals surface area contributed by atoms with Crippen LogP contribution in [0, 0.1) is 0 Å². The highest BCUT2D eigenvalue weighted by atomic mass is 16.2. The van der Waals surface area contributed by atoms with Crippen LogP contribution in [0.5, 0.6) is 0 Å². The summed E-state index contributed by atoms with van der Waals surface area (Å²) in [6.07, 6.45) is 3.55. The Kier molecular flexibility index (Phi) is 5.48. The van der Waals surface area contributed by atoms with Crippen LogP contribution in [0.4, 0.5) is 22.1 Å². The number of carbonyl (C=O) groups excluding carboxylic acids is 1. The molecule has 4 aromatic rings. The van der Waals surface area contributed by atoms with Gasteiger partial charge in [0.25, 0.3) is 0 Å².